The fourth-order valence-corrected chi connectivity index (χ4v) is 3.24. The number of morpholine rings is 1. The van der Waals surface area contributed by atoms with Crippen molar-refractivity contribution in [3.63, 3.8) is 0 Å². The number of aryl methyl sites for hydroxylation is 1. The molecule has 8 nitrogen and oxygen atoms in total. The summed E-state index contributed by atoms with van der Waals surface area (Å²) >= 11 is 0. The Hall–Kier alpha value is -3.00. The van der Waals surface area contributed by atoms with Gasteiger partial charge in [0.25, 0.3) is 0 Å². The molecule has 1 atom stereocenters. The van der Waals surface area contributed by atoms with Crippen LogP contribution in [0.3, 0.4) is 0 Å². The van der Waals surface area contributed by atoms with E-state index in [2.05, 4.69) is 10.1 Å². The van der Waals surface area contributed by atoms with Gasteiger partial charge < -0.3 is 28.9 Å². The minimum atomic E-state index is -0.237. The van der Waals surface area contributed by atoms with E-state index in [9.17, 15) is 5.11 Å². The first-order valence-electron chi connectivity index (χ1n) is 8.85. The highest BCUT2D eigenvalue weighted by molar-refractivity contribution is 6.01. The number of oxime groups is 1. The summed E-state index contributed by atoms with van der Waals surface area (Å²) in [4.78, 5) is 11.7. The lowest BCUT2D eigenvalue weighted by molar-refractivity contribution is -0.0146. The molecule has 2 aliphatic heterocycles. The highest BCUT2D eigenvalue weighted by Crippen LogP contribution is 2.28. The third-order valence-corrected chi connectivity index (χ3v) is 4.56. The summed E-state index contributed by atoms with van der Waals surface area (Å²) in [6.45, 7) is 3.22. The molecule has 1 aromatic carbocycles. The smallest absolute Gasteiger partial charge is 0.213 e. The van der Waals surface area contributed by atoms with Gasteiger partial charge in [-0.15, -0.1) is 0 Å². The van der Waals surface area contributed by atoms with E-state index in [0.29, 0.717) is 31.2 Å². The van der Waals surface area contributed by atoms with Gasteiger partial charge in [-0.3, -0.25) is 0 Å². The van der Waals surface area contributed by atoms with Crippen molar-refractivity contribution in [1.29, 1.82) is 0 Å². The summed E-state index contributed by atoms with van der Waals surface area (Å²) in [5.41, 5.74) is 2.78. The largest absolute Gasteiger partial charge is 0.495 e. The molecule has 0 bridgehead atoms. The number of ether oxygens (including phenoxy) is 2. The van der Waals surface area contributed by atoms with E-state index in [0.717, 1.165) is 22.7 Å². The summed E-state index contributed by atoms with van der Waals surface area (Å²) in [6.07, 6.45) is 5.90. The quantitative estimate of drug-likeness (QED) is 0.866. The molecule has 142 valence electrons. The maximum atomic E-state index is 9.17. The zero-order chi connectivity index (χ0) is 18.8. The molecule has 27 heavy (non-hydrogen) atoms. The average molecular weight is 370 g/mol. The molecule has 8 heteroatoms. The Kier molecular flexibility index (Phi) is 4.72. The zero-order valence-electron chi connectivity index (χ0n) is 15.3. The average Bonchev–Trinajstić information content (AvgIpc) is 3.29. The molecule has 0 saturated carbocycles. The van der Waals surface area contributed by atoms with Crippen LogP contribution in [0.15, 0.2) is 41.6 Å². The van der Waals surface area contributed by atoms with Crippen molar-refractivity contribution in [1.82, 2.24) is 14.5 Å². The molecule has 3 heterocycles. The van der Waals surface area contributed by atoms with Gasteiger partial charge in [0.1, 0.15) is 12.4 Å². The van der Waals surface area contributed by atoms with Gasteiger partial charge in [-0.2, -0.15) is 0 Å². The van der Waals surface area contributed by atoms with E-state index in [-0.39, 0.29) is 12.8 Å². The third-order valence-electron chi connectivity index (χ3n) is 4.56. The lowest BCUT2D eigenvalue weighted by Gasteiger charge is -2.29. The molecule has 1 unspecified atom stereocenters. The molecule has 0 radical (unpaired) electrons. The number of aliphatic hydroxyl groups excluding tert-OH is 1. The van der Waals surface area contributed by atoms with Crippen molar-refractivity contribution in [3.05, 3.63) is 47.7 Å². The van der Waals surface area contributed by atoms with Gasteiger partial charge in [0.2, 0.25) is 12.1 Å². The van der Waals surface area contributed by atoms with Gasteiger partial charge in [-0.05, 0) is 30.7 Å². The number of imidazole rings is 1. The van der Waals surface area contributed by atoms with Crippen LogP contribution in [-0.4, -0.2) is 58.5 Å². The number of rotatable bonds is 5. The van der Waals surface area contributed by atoms with Crippen LogP contribution in [0.4, 0.5) is 0 Å². The molecule has 0 spiro atoms. The molecule has 1 fully saturated rings. The molecule has 4 rings (SSSR count). The molecular weight excluding hydrogens is 348 g/mol. The summed E-state index contributed by atoms with van der Waals surface area (Å²) < 4.78 is 13.3. The predicted molar refractivity (Wildman–Crippen MR) is 99.5 cm³/mol. The third kappa shape index (κ3) is 3.35. The Balaban J connectivity index is 1.62. The minimum Gasteiger partial charge on any atom is -0.495 e. The van der Waals surface area contributed by atoms with Gasteiger partial charge in [0.05, 0.1) is 31.4 Å². The maximum Gasteiger partial charge on any atom is 0.213 e. The first-order chi connectivity index (χ1) is 13.2. The number of amidine groups is 1. The fraction of sp³-hybridized carbons (Fsp3) is 0.368. The van der Waals surface area contributed by atoms with Crippen molar-refractivity contribution in [2.24, 2.45) is 5.16 Å². The Morgan fingerprint density at radius 2 is 2.30 bits per heavy atom. The highest BCUT2D eigenvalue weighted by atomic mass is 16.7. The van der Waals surface area contributed by atoms with Crippen LogP contribution in [0.5, 0.6) is 5.75 Å². The van der Waals surface area contributed by atoms with E-state index in [1.54, 1.807) is 13.4 Å². The first-order valence-corrected chi connectivity index (χ1v) is 8.85. The Morgan fingerprint density at radius 1 is 1.41 bits per heavy atom. The van der Waals surface area contributed by atoms with Crippen molar-refractivity contribution < 1.29 is 19.4 Å². The van der Waals surface area contributed by atoms with Crippen LogP contribution in [-0.2, 0) is 9.57 Å². The zero-order valence-corrected chi connectivity index (χ0v) is 15.3. The normalized spacial score (nSPS) is 20.1. The number of benzene rings is 1. The Bertz CT molecular complexity index is 890. The predicted octanol–water partition coefficient (Wildman–Crippen LogP) is 1.91. The van der Waals surface area contributed by atoms with E-state index < -0.39 is 0 Å². The SMILES string of the molecule is COc1cc(/C=C2\OCCN3C2=NOC3CCO)ccc1-n1cnc(C)c1. The summed E-state index contributed by atoms with van der Waals surface area (Å²) in [6, 6.07) is 5.92. The maximum absolute atomic E-state index is 9.17. The van der Waals surface area contributed by atoms with Crippen LogP contribution < -0.4 is 4.74 Å². The van der Waals surface area contributed by atoms with Crippen molar-refractivity contribution in [2.75, 3.05) is 26.9 Å². The fourth-order valence-electron chi connectivity index (χ4n) is 3.24. The summed E-state index contributed by atoms with van der Waals surface area (Å²) in [7, 11) is 1.65. The van der Waals surface area contributed by atoms with Gasteiger partial charge in [0.15, 0.2) is 5.76 Å². The van der Waals surface area contributed by atoms with E-state index >= 15 is 0 Å². The monoisotopic (exact) mass is 370 g/mol. The minimum absolute atomic E-state index is 0.0518. The molecule has 0 aliphatic carbocycles. The van der Waals surface area contributed by atoms with E-state index in [1.807, 2.05) is 46.9 Å². The van der Waals surface area contributed by atoms with Gasteiger partial charge >= 0.3 is 0 Å². The number of aliphatic hydroxyl groups is 1. The number of nitrogens with zero attached hydrogens (tertiary/aromatic N) is 4. The van der Waals surface area contributed by atoms with Crippen LogP contribution in [0.25, 0.3) is 11.8 Å². The molecular formula is C19H22N4O4. The second kappa shape index (κ2) is 7.32. The Labute approximate surface area is 157 Å². The molecule has 2 aliphatic rings. The lowest BCUT2D eigenvalue weighted by Crippen LogP contribution is -2.43. The van der Waals surface area contributed by atoms with Crippen molar-refractivity contribution in [2.45, 2.75) is 19.6 Å². The number of hydrogen-bond donors (Lipinski definition) is 1. The summed E-state index contributed by atoms with van der Waals surface area (Å²) in [5.74, 6) is 2.04. The van der Waals surface area contributed by atoms with Gasteiger partial charge in [-0.1, -0.05) is 11.2 Å². The van der Waals surface area contributed by atoms with Crippen molar-refractivity contribution in [3.8, 4) is 11.4 Å². The van der Waals surface area contributed by atoms with Gasteiger partial charge in [-0.25, -0.2) is 4.98 Å². The Morgan fingerprint density at radius 3 is 3.04 bits per heavy atom. The standard InChI is InChI=1S/C19H22N4O4/c1-13-11-22(12-20-13)15-4-3-14(9-16(15)25-2)10-17-19-21-27-18(5-7-24)23(19)6-8-26-17/h3-4,9-12,18,24H,5-8H2,1-2H3/b17-10-. The topological polar surface area (TPSA) is 81.3 Å². The number of hydrogen-bond acceptors (Lipinski definition) is 7. The number of aromatic nitrogens is 2. The van der Waals surface area contributed by atoms with E-state index in [1.165, 1.54) is 0 Å². The first kappa shape index (κ1) is 17.4. The highest BCUT2D eigenvalue weighted by Gasteiger charge is 2.35. The number of fused-ring (bicyclic) bond motifs is 1. The van der Waals surface area contributed by atoms with Crippen LogP contribution >= 0.6 is 0 Å². The molecule has 1 saturated heterocycles. The van der Waals surface area contributed by atoms with Crippen LogP contribution in [0, 0.1) is 6.92 Å². The second-order valence-electron chi connectivity index (χ2n) is 6.39. The summed E-state index contributed by atoms with van der Waals surface area (Å²) in [5, 5.41) is 13.3. The van der Waals surface area contributed by atoms with E-state index in [4.69, 9.17) is 14.3 Å². The molecule has 2 aromatic rings. The number of methoxy groups -OCH3 is 1. The van der Waals surface area contributed by atoms with Crippen LogP contribution in [0.2, 0.25) is 0 Å². The van der Waals surface area contributed by atoms with Crippen LogP contribution in [0.1, 0.15) is 17.7 Å². The lowest BCUT2D eigenvalue weighted by atomic mass is 10.1. The van der Waals surface area contributed by atoms with Crippen molar-refractivity contribution >= 4 is 11.9 Å². The second-order valence-corrected chi connectivity index (χ2v) is 6.39. The molecule has 1 aromatic heterocycles. The molecule has 1 N–H and O–H groups in total. The molecule has 0 amide bonds. The van der Waals surface area contributed by atoms with Gasteiger partial charge in [0, 0.05) is 19.2 Å².